The minimum Gasteiger partial charge on any atom is -0.333 e. The van der Waals surface area contributed by atoms with Crippen LogP contribution in [0.1, 0.15) is 5.56 Å². The number of hydrogen-bond acceptors (Lipinski definition) is 2. The fourth-order valence-electron chi connectivity index (χ4n) is 1.67. The summed E-state index contributed by atoms with van der Waals surface area (Å²) in [6.07, 6.45) is 0.631. The number of hydrogen-bond donors (Lipinski definition) is 2. The molecular weight excluding hydrogens is 194 g/mol. The van der Waals surface area contributed by atoms with Crippen LogP contribution in [0.2, 0.25) is 0 Å². The van der Waals surface area contributed by atoms with E-state index >= 15 is 0 Å². The number of carbonyl (C=O) groups is 2. The van der Waals surface area contributed by atoms with Gasteiger partial charge in [-0.05, 0) is 12.1 Å². The van der Waals surface area contributed by atoms with Gasteiger partial charge < -0.3 is 10.6 Å². The van der Waals surface area contributed by atoms with Gasteiger partial charge in [-0.15, -0.1) is 0 Å². The number of carbonyl (C=O) groups excluding carboxylic acids is 2. The Labute approximate surface area is 87.1 Å². The maximum atomic E-state index is 11.4. The summed E-state index contributed by atoms with van der Waals surface area (Å²) in [5, 5.41) is 5.33. The van der Waals surface area contributed by atoms with Crippen molar-refractivity contribution in [2.75, 3.05) is 17.3 Å². The molecule has 78 valence electrons. The Hall–Kier alpha value is -2.04. The fourth-order valence-corrected chi connectivity index (χ4v) is 1.67. The van der Waals surface area contributed by atoms with Crippen molar-refractivity contribution >= 4 is 23.8 Å². The van der Waals surface area contributed by atoms with E-state index < -0.39 is 0 Å². The van der Waals surface area contributed by atoms with Gasteiger partial charge in [0.05, 0.1) is 5.69 Å². The third-order valence-corrected chi connectivity index (χ3v) is 2.45. The maximum absolute atomic E-state index is 11.4. The van der Waals surface area contributed by atoms with E-state index in [1.54, 1.807) is 19.2 Å². The van der Waals surface area contributed by atoms with Crippen molar-refractivity contribution in [1.82, 2.24) is 5.32 Å². The largest absolute Gasteiger partial charge is 0.333 e. The van der Waals surface area contributed by atoms with Crippen LogP contribution in [0.3, 0.4) is 0 Å². The second kappa shape index (κ2) is 3.61. The Morgan fingerprint density at radius 3 is 3.07 bits per heavy atom. The lowest BCUT2D eigenvalue weighted by molar-refractivity contribution is -0.105. The molecule has 3 amide bonds. The highest BCUT2D eigenvalue weighted by Gasteiger charge is 2.21. The summed E-state index contributed by atoms with van der Waals surface area (Å²) in [7, 11) is 1.69. The van der Waals surface area contributed by atoms with Gasteiger partial charge in [0, 0.05) is 24.8 Å². The first-order valence-electron chi connectivity index (χ1n) is 4.57. The van der Waals surface area contributed by atoms with Crippen molar-refractivity contribution in [3.8, 4) is 0 Å². The summed E-state index contributed by atoms with van der Waals surface area (Å²) < 4.78 is 0. The van der Waals surface area contributed by atoms with E-state index in [0.717, 1.165) is 16.9 Å². The molecule has 1 aliphatic heterocycles. The van der Waals surface area contributed by atoms with Crippen LogP contribution in [0.15, 0.2) is 18.2 Å². The van der Waals surface area contributed by atoms with E-state index in [-0.39, 0.29) is 6.03 Å². The Morgan fingerprint density at radius 2 is 2.33 bits per heavy atom. The van der Waals surface area contributed by atoms with Gasteiger partial charge in [0.25, 0.3) is 0 Å². The predicted molar refractivity (Wildman–Crippen MR) is 56.8 cm³/mol. The summed E-state index contributed by atoms with van der Waals surface area (Å²) in [5.41, 5.74) is 2.48. The molecule has 1 aliphatic rings. The van der Waals surface area contributed by atoms with Gasteiger partial charge in [-0.3, -0.25) is 9.69 Å². The monoisotopic (exact) mass is 205 g/mol. The number of amides is 3. The van der Waals surface area contributed by atoms with Crippen LogP contribution >= 0.6 is 0 Å². The fraction of sp³-hybridized carbons (Fsp3) is 0.200. The molecule has 0 saturated heterocycles. The highest BCUT2D eigenvalue weighted by molar-refractivity contribution is 5.96. The standard InChI is InChI=1S/C10H11N3O2/c1-13-9-4-2-3-8(12-6-14)7(9)5-11-10(13)15/h2-4,6H,5H2,1H3,(H,11,15)(H,12,14). The highest BCUT2D eigenvalue weighted by atomic mass is 16.2. The number of benzene rings is 1. The lowest BCUT2D eigenvalue weighted by Crippen LogP contribution is -2.41. The van der Waals surface area contributed by atoms with Crippen LogP contribution in [-0.4, -0.2) is 19.5 Å². The van der Waals surface area contributed by atoms with Gasteiger partial charge in [0.2, 0.25) is 6.41 Å². The molecule has 1 aromatic rings. The first-order chi connectivity index (χ1) is 7.24. The zero-order valence-electron chi connectivity index (χ0n) is 8.28. The minimum absolute atomic E-state index is 0.134. The summed E-state index contributed by atoms with van der Waals surface area (Å²) in [6, 6.07) is 5.33. The van der Waals surface area contributed by atoms with Crippen LogP contribution < -0.4 is 15.5 Å². The Bertz CT molecular complexity index is 417. The van der Waals surface area contributed by atoms with E-state index in [2.05, 4.69) is 10.6 Å². The Balaban J connectivity index is 2.48. The molecule has 5 nitrogen and oxygen atoms in total. The molecule has 5 heteroatoms. The average molecular weight is 205 g/mol. The molecule has 2 rings (SSSR count). The lowest BCUT2D eigenvalue weighted by Gasteiger charge is -2.27. The molecule has 0 radical (unpaired) electrons. The molecule has 0 bridgehead atoms. The van der Waals surface area contributed by atoms with Gasteiger partial charge in [-0.1, -0.05) is 6.07 Å². The maximum Gasteiger partial charge on any atom is 0.321 e. The Morgan fingerprint density at radius 1 is 1.53 bits per heavy atom. The molecule has 0 saturated carbocycles. The number of fused-ring (bicyclic) bond motifs is 1. The van der Waals surface area contributed by atoms with Crippen LogP contribution in [0.4, 0.5) is 16.2 Å². The molecule has 1 heterocycles. The summed E-state index contributed by atoms with van der Waals surface area (Å²) in [6.45, 7) is 0.440. The van der Waals surface area contributed by atoms with Crippen molar-refractivity contribution in [1.29, 1.82) is 0 Å². The number of nitrogens with one attached hydrogen (secondary N) is 2. The smallest absolute Gasteiger partial charge is 0.321 e. The second-order valence-corrected chi connectivity index (χ2v) is 3.28. The van der Waals surface area contributed by atoms with Crippen molar-refractivity contribution in [2.45, 2.75) is 6.54 Å². The van der Waals surface area contributed by atoms with Crippen molar-refractivity contribution < 1.29 is 9.59 Å². The topological polar surface area (TPSA) is 61.4 Å². The zero-order valence-corrected chi connectivity index (χ0v) is 8.28. The highest BCUT2D eigenvalue weighted by Crippen LogP contribution is 2.29. The zero-order chi connectivity index (χ0) is 10.8. The molecule has 2 N–H and O–H groups in total. The molecule has 1 aromatic carbocycles. The SMILES string of the molecule is CN1C(=O)NCc2c(NC=O)cccc21. The van der Waals surface area contributed by atoms with Crippen molar-refractivity contribution in [3.05, 3.63) is 23.8 Å². The van der Waals surface area contributed by atoms with E-state index in [1.165, 1.54) is 4.90 Å². The molecule has 15 heavy (non-hydrogen) atoms. The van der Waals surface area contributed by atoms with Crippen molar-refractivity contribution in [3.63, 3.8) is 0 Å². The molecular formula is C10H11N3O2. The summed E-state index contributed by atoms with van der Waals surface area (Å²) in [4.78, 5) is 23.3. The van der Waals surface area contributed by atoms with Crippen molar-refractivity contribution in [2.24, 2.45) is 0 Å². The van der Waals surface area contributed by atoms with E-state index in [1.807, 2.05) is 6.07 Å². The Kier molecular flexibility index (Phi) is 2.29. The number of urea groups is 1. The van der Waals surface area contributed by atoms with Crippen LogP contribution in [0.25, 0.3) is 0 Å². The minimum atomic E-state index is -0.134. The third-order valence-electron chi connectivity index (χ3n) is 2.45. The molecule has 0 spiro atoms. The number of anilines is 2. The molecule has 0 aliphatic carbocycles. The lowest BCUT2D eigenvalue weighted by atomic mass is 10.1. The van der Waals surface area contributed by atoms with Gasteiger partial charge in [-0.2, -0.15) is 0 Å². The van der Waals surface area contributed by atoms with Crippen LogP contribution in [0, 0.1) is 0 Å². The molecule has 0 unspecified atom stereocenters. The van der Waals surface area contributed by atoms with E-state index in [9.17, 15) is 9.59 Å². The number of rotatable bonds is 2. The first-order valence-corrected chi connectivity index (χ1v) is 4.57. The second-order valence-electron chi connectivity index (χ2n) is 3.28. The summed E-state index contributed by atoms with van der Waals surface area (Å²) in [5.74, 6) is 0. The van der Waals surface area contributed by atoms with Crippen LogP contribution in [0.5, 0.6) is 0 Å². The summed E-state index contributed by atoms with van der Waals surface area (Å²) >= 11 is 0. The van der Waals surface area contributed by atoms with Gasteiger partial charge in [0.15, 0.2) is 0 Å². The molecule has 0 aromatic heterocycles. The number of nitrogens with zero attached hydrogens (tertiary/aromatic N) is 1. The van der Waals surface area contributed by atoms with E-state index in [4.69, 9.17) is 0 Å². The predicted octanol–water partition coefficient (Wildman–Crippen LogP) is 0.914. The quantitative estimate of drug-likeness (QED) is 0.705. The third kappa shape index (κ3) is 1.52. The first kappa shape index (κ1) is 9.51. The van der Waals surface area contributed by atoms with Crippen LogP contribution in [-0.2, 0) is 11.3 Å². The molecule has 0 fully saturated rings. The molecule has 0 atom stereocenters. The van der Waals surface area contributed by atoms with Gasteiger partial charge >= 0.3 is 6.03 Å². The normalized spacial score (nSPS) is 14.2. The van der Waals surface area contributed by atoms with Gasteiger partial charge in [0.1, 0.15) is 0 Å². The van der Waals surface area contributed by atoms with E-state index in [0.29, 0.717) is 13.0 Å². The average Bonchev–Trinajstić information content (AvgIpc) is 2.25. The van der Waals surface area contributed by atoms with Gasteiger partial charge in [-0.25, -0.2) is 4.79 Å².